The molecule has 1 aliphatic rings. The van der Waals surface area contributed by atoms with E-state index in [1.54, 1.807) is 6.92 Å². The van der Waals surface area contributed by atoms with E-state index in [4.69, 9.17) is 5.73 Å². The molecule has 3 heteroatoms. The van der Waals surface area contributed by atoms with Gasteiger partial charge in [-0.3, -0.25) is 4.79 Å². The predicted molar refractivity (Wildman–Crippen MR) is 39.5 cm³/mol. The molecule has 0 aromatic rings. The Morgan fingerprint density at radius 3 is 2.60 bits per heavy atom. The van der Waals surface area contributed by atoms with Gasteiger partial charge >= 0.3 is 0 Å². The number of hydrogen-bond donors (Lipinski definition) is 1. The number of nitrogens with two attached hydrogens (primary N) is 1. The van der Waals surface area contributed by atoms with E-state index in [1.807, 2.05) is 4.90 Å². The predicted octanol–water partition coefficient (Wildman–Crippen LogP) is -0.0440. The zero-order chi connectivity index (χ0) is 7.56. The van der Waals surface area contributed by atoms with E-state index < -0.39 is 0 Å². The van der Waals surface area contributed by atoms with Gasteiger partial charge < -0.3 is 10.6 Å². The Morgan fingerprint density at radius 2 is 2.30 bits per heavy atom. The molecule has 2 N–H and O–H groups in total. The summed E-state index contributed by atoms with van der Waals surface area (Å²) in [4.78, 5) is 12.7. The van der Waals surface area contributed by atoms with Gasteiger partial charge in [0.1, 0.15) is 0 Å². The van der Waals surface area contributed by atoms with Crippen LogP contribution in [0.15, 0.2) is 0 Å². The topological polar surface area (TPSA) is 46.3 Å². The van der Waals surface area contributed by atoms with Gasteiger partial charge in [0.2, 0.25) is 5.91 Å². The largest absolute Gasteiger partial charge is 0.339 e. The summed E-state index contributed by atoms with van der Waals surface area (Å²) in [5, 5.41) is 0. The van der Waals surface area contributed by atoms with Crippen LogP contribution in [-0.4, -0.2) is 29.9 Å². The van der Waals surface area contributed by atoms with Crippen LogP contribution in [0.4, 0.5) is 0 Å². The van der Waals surface area contributed by atoms with Crippen LogP contribution in [0, 0.1) is 0 Å². The third-order valence-electron chi connectivity index (χ3n) is 1.76. The van der Waals surface area contributed by atoms with Gasteiger partial charge in [-0.1, -0.05) is 0 Å². The lowest BCUT2D eigenvalue weighted by atomic mass is 10.4. The smallest absolute Gasteiger partial charge is 0.219 e. The lowest BCUT2D eigenvalue weighted by molar-refractivity contribution is -0.129. The van der Waals surface area contributed by atoms with Crippen molar-refractivity contribution >= 4 is 5.91 Å². The maximum absolute atomic E-state index is 10.9. The highest BCUT2D eigenvalue weighted by atomic mass is 16.2. The molecular weight excluding hydrogens is 128 g/mol. The van der Waals surface area contributed by atoms with Gasteiger partial charge in [-0.15, -0.1) is 0 Å². The van der Waals surface area contributed by atoms with Gasteiger partial charge in [-0.05, 0) is 12.8 Å². The first-order valence-corrected chi connectivity index (χ1v) is 3.73. The van der Waals surface area contributed by atoms with E-state index in [-0.39, 0.29) is 5.91 Å². The van der Waals surface area contributed by atoms with Crippen LogP contribution in [0.5, 0.6) is 0 Å². The number of rotatable bonds is 3. The summed E-state index contributed by atoms with van der Waals surface area (Å²) in [6.07, 6.45) is 2.33. The normalized spacial score (nSPS) is 17.0. The fraction of sp³-hybridized carbons (Fsp3) is 0.857. The Morgan fingerprint density at radius 1 is 1.70 bits per heavy atom. The average molecular weight is 142 g/mol. The molecule has 1 fully saturated rings. The molecule has 58 valence electrons. The van der Waals surface area contributed by atoms with Gasteiger partial charge in [0.25, 0.3) is 0 Å². The third kappa shape index (κ3) is 1.70. The molecular formula is C7H14N2O. The van der Waals surface area contributed by atoms with Crippen LogP contribution < -0.4 is 5.73 Å². The SMILES string of the molecule is CC(=O)N(CCN)C1CC1. The van der Waals surface area contributed by atoms with Gasteiger partial charge in [0, 0.05) is 26.1 Å². The summed E-state index contributed by atoms with van der Waals surface area (Å²) in [6.45, 7) is 2.91. The molecule has 0 unspecified atom stereocenters. The highest BCUT2D eigenvalue weighted by Crippen LogP contribution is 2.26. The van der Waals surface area contributed by atoms with Crippen LogP contribution in [-0.2, 0) is 4.79 Å². The van der Waals surface area contributed by atoms with Gasteiger partial charge in [0.05, 0.1) is 0 Å². The van der Waals surface area contributed by atoms with E-state index in [2.05, 4.69) is 0 Å². The molecule has 0 aromatic carbocycles. The Kier molecular flexibility index (Phi) is 2.27. The van der Waals surface area contributed by atoms with Crippen LogP contribution in [0.3, 0.4) is 0 Å². The number of carbonyl (C=O) groups excluding carboxylic acids is 1. The maximum Gasteiger partial charge on any atom is 0.219 e. The molecule has 0 atom stereocenters. The van der Waals surface area contributed by atoms with Gasteiger partial charge in [-0.2, -0.15) is 0 Å². The Hall–Kier alpha value is -0.570. The molecule has 0 radical (unpaired) electrons. The lowest BCUT2D eigenvalue weighted by Crippen LogP contribution is -2.35. The second-order valence-corrected chi connectivity index (χ2v) is 2.73. The zero-order valence-corrected chi connectivity index (χ0v) is 6.34. The zero-order valence-electron chi connectivity index (χ0n) is 6.34. The average Bonchev–Trinajstić information content (AvgIpc) is 2.63. The van der Waals surface area contributed by atoms with Crippen LogP contribution in [0.1, 0.15) is 19.8 Å². The monoisotopic (exact) mass is 142 g/mol. The van der Waals surface area contributed by atoms with Crippen molar-refractivity contribution in [2.75, 3.05) is 13.1 Å². The summed E-state index contributed by atoms with van der Waals surface area (Å²) in [7, 11) is 0. The van der Waals surface area contributed by atoms with Crippen molar-refractivity contribution in [2.24, 2.45) is 5.73 Å². The van der Waals surface area contributed by atoms with Crippen molar-refractivity contribution < 1.29 is 4.79 Å². The van der Waals surface area contributed by atoms with E-state index >= 15 is 0 Å². The minimum atomic E-state index is 0.160. The minimum absolute atomic E-state index is 0.160. The van der Waals surface area contributed by atoms with Crippen molar-refractivity contribution in [1.29, 1.82) is 0 Å². The number of hydrogen-bond acceptors (Lipinski definition) is 2. The van der Waals surface area contributed by atoms with Gasteiger partial charge in [0.15, 0.2) is 0 Å². The first kappa shape index (κ1) is 7.54. The van der Waals surface area contributed by atoms with Crippen LogP contribution in [0.25, 0.3) is 0 Å². The minimum Gasteiger partial charge on any atom is -0.339 e. The summed E-state index contributed by atoms with van der Waals surface area (Å²) in [5.41, 5.74) is 5.34. The third-order valence-corrected chi connectivity index (χ3v) is 1.76. The molecule has 0 bridgehead atoms. The van der Waals surface area contributed by atoms with E-state index in [0.29, 0.717) is 12.6 Å². The molecule has 1 saturated carbocycles. The molecule has 1 rings (SSSR count). The maximum atomic E-state index is 10.9. The Bertz CT molecular complexity index is 132. The molecule has 0 aliphatic heterocycles. The summed E-state index contributed by atoms with van der Waals surface area (Å²) < 4.78 is 0. The van der Waals surface area contributed by atoms with Crippen molar-refractivity contribution in [3.05, 3.63) is 0 Å². The van der Waals surface area contributed by atoms with E-state index in [9.17, 15) is 4.79 Å². The summed E-state index contributed by atoms with van der Waals surface area (Å²) in [5.74, 6) is 0.160. The lowest BCUT2D eigenvalue weighted by Gasteiger charge is -2.18. The number of nitrogens with zero attached hydrogens (tertiary/aromatic N) is 1. The fourth-order valence-electron chi connectivity index (χ4n) is 1.12. The molecule has 1 amide bonds. The van der Waals surface area contributed by atoms with Crippen LogP contribution >= 0.6 is 0 Å². The Balaban J connectivity index is 2.34. The first-order valence-electron chi connectivity index (χ1n) is 3.73. The molecule has 3 nitrogen and oxygen atoms in total. The van der Waals surface area contributed by atoms with Crippen molar-refractivity contribution in [2.45, 2.75) is 25.8 Å². The van der Waals surface area contributed by atoms with Crippen molar-refractivity contribution in [3.8, 4) is 0 Å². The summed E-state index contributed by atoms with van der Waals surface area (Å²) in [6, 6.07) is 0.515. The van der Waals surface area contributed by atoms with E-state index in [0.717, 1.165) is 6.54 Å². The second kappa shape index (κ2) is 3.01. The van der Waals surface area contributed by atoms with Crippen molar-refractivity contribution in [3.63, 3.8) is 0 Å². The molecule has 0 heterocycles. The highest BCUT2D eigenvalue weighted by molar-refractivity contribution is 5.73. The van der Waals surface area contributed by atoms with Crippen LogP contribution in [0.2, 0.25) is 0 Å². The number of carbonyl (C=O) groups is 1. The first-order chi connectivity index (χ1) is 4.75. The van der Waals surface area contributed by atoms with Gasteiger partial charge in [-0.25, -0.2) is 0 Å². The fourth-order valence-corrected chi connectivity index (χ4v) is 1.12. The highest BCUT2D eigenvalue weighted by Gasteiger charge is 2.29. The molecule has 0 spiro atoms. The number of amides is 1. The molecule has 10 heavy (non-hydrogen) atoms. The molecule has 1 aliphatic carbocycles. The Labute approximate surface area is 61.2 Å². The molecule has 0 aromatic heterocycles. The second-order valence-electron chi connectivity index (χ2n) is 2.73. The van der Waals surface area contributed by atoms with Crippen molar-refractivity contribution in [1.82, 2.24) is 4.90 Å². The standard InChI is InChI=1S/C7H14N2O/c1-6(10)9(5-4-8)7-2-3-7/h7H,2-5,8H2,1H3. The molecule has 0 saturated heterocycles. The summed E-state index contributed by atoms with van der Waals surface area (Å²) >= 11 is 0. The quantitative estimate of drug-likeness (QED) is 0.601. The van der Waals surface area contributed by atoms with E-state index in [1.165, 1.54) is 12.8 Å².